The van der Waals surface area contributed by atoms with Gasteiger partial charge in [0.25, 0.3) is 11.8 Å². The van der Waals surface area contributed by atoms with Crippen LogP contribution in [0, 0.1) is 6.92 Å². The zero-order valence-electron chi connectivity index (χ0n) is 16.7. The van der Waals surface area contributed by atoms with Crippen molar-refractivity contribution in [1.29, 1.82) is 0 Å². The summed E-state index contributed by atoms with van der Waals surface area (Å²) in [5, 5.41) is 3.09. The molecule has 2 aromatic carbocycles. The smallest absolute Gasteiger partial charge is 0.270 e. The fourth-order valence-electron chi connectivity index (χ4n) is 2.78. The monoisotopic (exact) mass is 506 g/mol. The number of rotatable bonds is 5. The van der Waals surface area contributed by atoms with Gasteiger partial charge in [0.1, 0.15) is 11.3 Å². The summed E-state index contributed by atoms with van der Waals surface area (Å²) in [6, 6.07) is 10.6. The van der Waals surface area contributed by atoms with Gasteiger partial charge in [-0.05, 0) is 89.9 Å². The van der Waals surface area contributed by atoms with E-state index in [1.165, 1.54) is 11.0 Å². The molecule has 2 amide bonds. The molecule has 0 aromatic heterocycles. The summed E-state index contributed by atoms with van der Waals surface area (Å²) >= 11 is 14.9. The standard InChI is InChI=1S/C22H20BrClN2O3S/c1-4-13(3)29-19-8-6-14(10-17(19)23)9-16-20(27)25-22(30)26(21(16)28)15-7-5-12(2)18(24)11-15/h5-11,13H,4H2,1-3H3,(H,25,27,30)/b16-9+/t13-/m1/s1. The molecule has 2 aromatic rings. The fourth-order valence-corrected chi connectivity index (χ4v) is 3.73. The Morgan fingerprint density at radius 3 is 2.63 bits per heavy atom. The second-order valence-electron chi connectivity index (χ2n) is 6.92. The summed E-state index contributed by atoms with van der Waals surface area (Å²) in [6.07, 6.45) is 2.48. The van der Waals surface area contributed by atoms with Crippen LogP contribution >= 0.6 is 39.7 Å². The van der Waals surface area contributed by atoms with Crippen LogP contribution in [0.5, 0.6) is 5.75 Å². The number of ether oxygens (including phenoxy) is 1. The summed E-state index contributed by atoms with van der Waals surface area (Å²) < 4.78 is 6.57. The van der Waals surface area contributed by atoms with Crippen LogP contribution in [-0.2, 0) is 9.59 Å². The molecule has 1 heterocycles. The number of benzene rings is 2. The van der Waals surface area contributed by atoms with E-state index in [-0.39, 0.29) is 16.8 Å². The third-order valence-electron chi connectivity index (χ3n) is 4.69. The highest BCUT2D eigenvalue weighted by Gasteiger charge is 2.34. The molecule has 1 saturated heterocycles. The van der Waals surface area contributed by atoms with E-state index in [4.69, 9.17) is 28.6 Å². The van der Waals surface area contributed by atoms with Gasteiger partial charge in [-0.15, -0.1) is 0 Å². The van der Waals surface area contributed by atoms with E-state index in [1.54, 1.807) is 36.4 Å². The number of thiocarbonyl (C=S) groups is 1. The number of carbonyl (C=O) groups is 2. The molecule has 0 unspecified atom stereocenters. The quantitative estimate of drug-likeness (QED) is 0.334. The number of hydrogen-bond acceptors (Lipinski definition) is 4. The van der Waals surface area contributed by atoms with Crippen molar-refractivity contribution in [1.82, 2.24) is 5.32 Å². The molecule has 0 saturated carbocycles. The molecule has 1 aliphatic heterocycles. The van der Waals surface area contributed by atoms with E-state index in [0.717, 1.165) is 16.5 Å². The van der Waals surface area contributed by atoms with Crippen LogP contribution in [-0.4, -0.2) is 23.0 Å². The normalized spacial score (nSPS) is 16.6. The summed E-state index contributed by atoms with van der Waals surface area (Å²) in [4.78, 5) is 26.9. The van der Waals surface area contributed by atoms with E-state index >= 15 is 0 Å². The highest BCUT2D eigenvalue weighted by atomic mass is 79.9. The Balaban J connectivity index is 1.94. The number of carbonyl (C=O) groups excluding carboxylic acids is 2. The molecule has 1 N–H and O–H groups in total. The Kier molecular flexibility index (Phi) is 6.95. The fraction of sp³-hybridized carbons (Fsp3) is 0.227. The molecule has 30 heavy (non-hydrogen) atoms. The maximum atomic E-state index is 13.1. The third-order valence-corrected chi connectivity index (χ3v) is 6.00. The minimum Gasteiger partial charge on any atom is -0.490 e. The summed E-state index contributed by atoms with van der Waals surface area (Å²) in [7, 11) is 0. The highest BCUT2D eigenvalue weighted by molar-refractivity contribution is 9.10. The molecule has 8 heteroatoms. The van der Waals surface area contributed by atoms with Crippen LogP contribution in [0.4, 0.5) is 5.69 Å². The van der Waals surface area contributed by atoms with Crippen LogP contribution in [0.2, 0.25) is 5.02 Å². The molecule has 3 rings (SSSR count). The largest absolute Gasteiger partial charge is 0.490 e. The lowest BCUT2D eigenvalue weighted by Crippen LogP contribution is -2.54. The van der Waals surface area contributed by atoms with E-state index in [9.17, 15) is 9.59 Å². The van der Waals surface area contributed by atoms with Crippen molar-refractivity contribution in [2.24, 2.45) is 0 Å². The van der Waals surface area contributed by atoms with Crippen molar-refractivity contribution in [2.45, 2.75) is 33.3 Å². The van der Waals surface area contributed by atoms with Crippen LogP contribution in [0.3, 0.4) is 0 Å². The minimum atomic E-state index is -0.546. The molecule has 1 aliphatic rings. The second kappa shape index (κ2) is 9.29. The zero-order valence-corrected chi connectivity index (χ0v) is 19.8. The van der Waals surface area contributed by atoms with Crippen molar-refractivity contribution in [3.05, 3.63) is 62.6 Å². The summed E-state index contributed by atoms with van der Waals surface area (Å²) in [5.74, 6) is -0.363. The molecular weight excluding hydrogens is 488 g/mol. The van der Waals surface area contributed by atoms with Gasteiger partial charge in [0.2, 0.25) is 0 Å². The minimum absolute atomic E-state index is 0.0144. The number of nitrogens with one attached hydrogen (secondary N) is 1. The topological polar surface area (TPSA) is 58.6 Å². The van der Waals surface area contributed by atoms with Gasteiger partial charge in [0, 0.05) is 5.02 Å². The maximum absolute atomic E-state index is 13.1. The number of aryl methyl sites for hydroxylation is 1. The maximum Gasteiger partial charge on any atom is 0.270 e. The number of anilines is 1. The van der Waals surface area contributed by atoms with E-state index in [0.29, 0.717) is 22.0 Å². The molecule has 0 radical (unpaired) electrons. The van der Waals surface area contributed by atoms with Crippen molar-refractivity contribution in [3.8, 4) is 5.75 Å². The van der Waals surface area contributed by atoms with Crippen LogP contribution in [0.1, 0.15) is 31.4 Å². The van der Waals surface area contributed by atoms with Crippen molar-refractivity contribution < 1.29 is 14.3 Å². The lowest BCUT2D eigenvalue weighted by atomic mass is 10.1. The number of amides is 2. The molecule has 0 bridgehead atoms. The van der Waals surface area contributed by atoms with Gasteiger partial charge < -0.3 is 4.74 Å². The third kappa shape index (κ3) is 4.74. The Bertz CT molecular complexity index is 1070. The van der Waals surface area contributed by atoms with Crippen molar-refractivity contribution >= 4 is 68.4 Å². The first-order valence-electron chi connectivity index (χ1n) is 9.35. The van der Waals surface area contributed by atoms with Gasteiger partial charge >= 0.3 is 0 Å². The molecule has 5 nitrogen and oxygen atoms in total. The average Bonchev–Trinajstić information content (AvgIpc) is 2.69. The first-order valence-corrected chi connectivity index (χ1v) is 10.9. The first-order chi connectivity index (χ1) is 14.2. The van der Waals surface area contributed by atoms with Crippen LogP contribution in [0.25, 0.3) is 6.08 Å². The Morgan fingerprint density at radius 2 is 2.00 bits per heavy atom. The SMILES string of the molecule is CC[C@@H](C)Oc1ccc(/C=C2\C(=O)NC(=S)N(c3ccc(C)c(Cl)c3)C2=O)cc1Br. The van der Waals surface area contributed by atoms with Gasteiger partial charge in [0.15, 0.2) is 5.11 Å². The molecule has 0 aliphatic carbocycles. The predicted molar refractivity (Wildman–Crippen MR) is 127 cm³/mol. The molecular formula is C22H20BrClN2O3S. The first kappa shape index (κ1) is 22.5. The number of hydrogen-bond donors (Lipinski definition) is 1. The molecule has 1 atom stereocenters. The molecule has 0 spiro atoms. The van der Waals surface area contributed by atoms with Gasteiger partial charge in [-0.3, -0.25) is 19.8 Å². The average molecular weight is 508 g/mol. The van der Waals surface area contributed by atoms with E-state index in [1.807, 2.05) is 20.8 Å². The van der Waals surface area contributed by atoms with Crippen LogP contribution in [0.15, 0.2) is 46.4 Å². The summed E-state index contributed by atoms with van der Waals surface area (Å²) in [6.45, 7) is 5.90. The zero-order chi connectivity index (χ0) is 22.0. The lowest BCUT2D eigenvalue weighted by molar-refractivity contribution is -0.122. The van der Waals surface area contributed by atoms with E-state index in [2.05, 4.69) is 21.2 Å². The van der Waals surface area contributed by atoms with Crippen LogP contribution < -0.4 is 15.0 Å². The lowest BCUT2D eigenvalue weighted by Gasteiger charge is -2.29. The molecule has 156 valence electrons. The Labute approximate surface area is 194 Å². The Morgan fingerprint density at radius 1 is 1.27 bits per heavy atom. The number of halogens is 2. The number of nitrogens with zero attached hydrogens (tertiary/aromatic N) is 1. The van der Waals surface area contributed by atoms with Gasteiger partial charge in [0.05, 0.1) is 16.3 Å². The van der Waals surface area contributed by atoms with Gasteiger partial charge in [-0.1, -0.05) is 30.7 Å². The second-order valence-corrected chi connectivity index (χ2v) is 8.57. The van der Waals surface area contributed by atoms with Crippen molar-refractivity contribution in [2.75, 3.05) is 4.90 Å². The van der Waals surface area contributed by atoms with Crippen molar-refractivity contribution in [3.63, 3.8) is 0 Å². The summed E-state index contributed by atoms with van der Waals surface area (Å²) in [5.41, 5.74) is 2.01. The van der Waals surface area contributed by atoms with E-state index < -0.39 is 11.8 Å². The highest BCUT2D eigenvalue weighted by Crippen LogP contribution is 2.30. The van der Waals surface area contributed by atoms with Gasteiger partial charge in [-0.2, -0.15) is 0 Å². The molecule has 1 fully saturated rings. The Hall–Kier alpha value is -2.22. The predicted octanol–water partition coefficient (Wildman–Crippen LogP) is 5.42. The van der Waals surface area contributed by atoms with Gasteiger partial charge in [-0.25, -0.2) is 0 Å².